The van der Waals surface area contributed by atoms with Crippen molar-refractivity contribution < 1.29 is 9.90 Å². The Hall–Kier alpha value is -2.26. The van der Waals surface area contributed by atoms with Gasteiger partial charge in [-0.15, -0.1) is 0 Å². The van der Waals surface area contributed by atoms with Crippen LogP contribution >= 0.6 is 11.6 Å². The lowest BCUT2D eigenvalue weighted by molar-refractivity contribution is -0.136. The van der Waals surface area contributed by atoms with Crippen LogP contribution in [0, 0.1) is 6.92 Å². The Balaban J connectivity index is 2.42. The van der Waals surface area contributed by atoms with Crippen molar-refractivity contribution in [2.75, 3.05) is 0 Å². The first-order chi connectivity index (χ1) is 10.5. The molecule has 3 aromatic rings. The molecule has 0 aliphatic carbocycles. The maximum Gasteiger partial charge on any atom is 0.309 e. The number of aromatic nitrogens is 1. The van der Waals surface area contributed by atoms with E-state index in [1.54, 1.807) is 0 Å². The van der Waals surface area contributed by atoms with Gasteiger partial charge >= 0.3 is 5.97 Å². The average molecular weight is 314 g/mol. The summed E-state index contributed by atoms with van der Waals surface area (Å²) in [6, 6.07) is 13.7. The highest BCUT2D eigenvalue weighted by Crippen LogP contribution is 2.37. The van der Waals surface area contributed by atoms with Gasteiger partial charge in [-0.05, 0) is 36.2 Å². The SMILES string of the molecule is Cc1ccccc1-c1c(CC(=O)O)n(C)c2ccc(Cl)cc12. The summed E-state index contributed by atoms with van der Waals surface area (Å²) in [6.07, 6.45) is -0.0214. The monoisotopic (exact) mass is 313 g/mol. The van der Waals surface area contributed by atoms with Crippen LogP contribution in [0.2, 0.25) is 5.02 Å². The number of rotatable bonds is 3. The molecule has 112 valence electrons. The number of fused-ring (bicyclic) bond motifs is 1. The number of carboxylic acid groups (broad SMARTS) is 1. The zero-order chi connectivity index (χ0) is 15.9. The van der Waals surface area contributed by atoms with Gasteiger partial charge in [-0.2, -0.15) is 0 Å². The summed E-state index contributed by atoms with van der Waals surface area (Å²) in [4.78, 5) is 11.3. The molecule has 3 nitrogen and oxygen atoms in total. The lowest BCUT2D eigenvalue weighted by Gasteiger charge is -2.09. The summed E-state index contributed by atoms with van der Waals surface area (Å²) in [6.45, 7) is 2.03. The Labute approximate surface area is 133 Å². The van der Waals surface area contributed by atoms with Crippen LogP contribution in [0.5, 0.6) is 0 Å². The van der Waals surface area contributed by atoms with Crippen LogP contribution in [0.3, 0.4) is 0 Å². The van der Waals surface area contributed by atoms with Gasteiger partial charge in [0.2, 0.25) is 0 Å². The molecule has 0 aliphatic heterocycles. The third-order valence-corrected chi connectivity index (χ3v) is 4.25. The molecule has 0 radical (unpaired) electrons. The van der Waals surface area contributed by atoms with E-state index < -0.39 is 5.97 Å². The number of aliphatic carboxylic acids is 1. The fourth-order valence-electron chi connectivity index (χ4n) is 2.97. The van der Waals surface area contributed by atoms with Gasteiger partial charge in [0.15, 0.2) is 0 Å². The molecule has 4 heteroatoms. The zero-order valence-corrected chi connectivity index (χ0v) is 13.2. The van der Waals surface area contributed by atoms with Gasteiger partial charge in [-0.25, -0.2) is 0 Å². The van der Waals surface area contributed by atoms with Crippen molar-refractivity contribution in [2.45, 2.75) is 13.3 Å². The van der Waals surface area contributed by atoms with Crippen LogP contribution in [-0.4, -0.2) is 15.6 Å². The quantitative estimate of drug-likeness (QED) is 0.777. The molecule has 22 heavy (non-hydrogen) atoms. The first-order valence-corrected chi connectivity index (χ1v) is 7.41. The number of carbonyl (C=O) groups is 1. The van der Waals surface area contributed by atoms with Crippen LogP contribution in [0.4, 0.5) is 0 Å². The van der Waals surface area contributed by atoms with E-state index in [0.717, 1.165) is 33.3 Å². The van der Waals surface area contributed by atoms with Gasteiger partial charge in [0, 0.05) is 34.2 Å². The Kier molecular flexibility index (Phi) is 3.67. The predicted octanol–water partition coefficient (Wildman–Crippen LogP) is 4.43. The van der Waals surface area contributed by atoms with Crippen LogP contribution < -0.4 is 0 Å². The highest BCUT2D eigenvalue weighted by Gasteiger charge is 2.19. The molecule has 0 bridgehead atoms. The maximum absolute atomic E-state index is 11.3. The number of aryl methyl sites for hydroxylation is 2. The number of hydrogen-bond acceptors (Lipinski definition) is 1. The molecule has 1 aromatic heterocycles. The van der Waals surface area contributed by atoms with Crippen LogP contribution in [0.15, 0.2) is 42.5 Å². The van der Waals surface area contributed by atoms with Crippen molar-refractivity contribution in [1.29, 1.82) is 0 Å². The van der Waals surface area contributed by atoms with Crippen molar-refractivity contribution >= 4 is 28.5 Å². The third kappa shape index (κ3) is 2.38. The van der Waals surface area contributed by atoms with Crippen LogP contribution in [0.25, 0.3) is 22.0 Å². The largest absolute Gasteiger partial charge is 0.481 e. The minimum Gasteiger partial charge on any atom is -0.481 e. The van der Waals surface area contributed by atoms with E-state index >= 15 is 0 Å². The van der Waals surface area contributed by atoms with E-state index in [4.69, 9.17) is 11.6 Å². The van der Waals surface area contributed by atoms with E-state index in [-0.39, 0.29) is 6.42 Å². The number of carboxylic acids is 1. The molecular weight excluding hydrogens is 298 g/mol. The summed E-state index contributed by atoms with van der Waals surface area (Å²) in [5.74, 6) is -0.841. The van der Waals surface area contributed by atoms with Crippen molar-refractivity contribution in [3.8, 4) is 11.1 Å². The molecular formula is C18H16ClNO2. The summed E-state index contributed by atoms with van der Waals surface area (Å²) in [5, 5.41) is 10.9. The van der Waals surface area contributed by atoms with Crippen molar-refractivity contribution in [3.05, 3.63) is 58.7 Å². The van der Waals surface area contributed by atoms with Gasteiger partial charge in [0.25, 0.3) is 0 Å². The van der Waals surface area contributed by atoms with Crippen LogP contribution in [-0.2, 0) is 18.3 Å². The minimum atomic E-state index is -0.841. The van der Waals surface area contributed by atoms with E-state index in [2.05, 4.69) is 0 Å². The van der Waals surface area contributed by atoms with Gasteiger partial charge in [0.05, 0.1) is 6.42 Å². The smallest absolute Gasteiger partial charge is 0.309 e. The minimum absolute atomic E-state index is 0.0214. The van der Waals surface area contributed by atoms with Gasteiger partial charge in [0.1, 0.15) is 0 Å². The molecule has 0 amide bonds. The lowest BCUT2D eigenvalue weighted by Crippen LogP contribution is -2.06. The van der Waals surface area contributed by atoms with Crippen molar-refractivity contribution in [2.24, 2.45) is 7.05 Å². The van der Waals surface area contributed by atoms with Gasteiger partial charge in [-0.3, -0.25) is 4.79 Å². The Morgan fingerprint density at radius 3 is 2.64 bits per heavy atom. The maximum atomic E-state index is 11.3. The van der Waals surface area contributed by atoms with E-state index in [1.165, 1.54) is 0 Å². The predicted molar refractivity (Wildman–Crippen MR) is 89.4 cm³/mol. The van der Waals surface area contributed by atoms with Crippen molar-refractivity contribution in [1.82, 2.24) is 4.57 Å². The highest BCUT2D eigenvalue weighted by atomic mass is 35.5. The summed E-state index contributed by atoms with van der Waals surface area (Å²) in [5.41, 5.74) is 4.90. The van der Waals surface area contributed by atoms with Crippen LogP contribution in [0.1, 0.15) is 11.3 Å². The summed E-state index contributed by atoms with van der Waals surface area (Å²) >= 11 is 6.16. The number of benzene rings is 2. The fourth-order valence-corrected chi connectivity index (χ4v) is 3.15. The molecule has 0 saturated carbocycles. The fraction of sp³-hybridized carbons (Fsp3) is 0.167. The molecule has 1 heterocycles. The molecule has 0 saturated heterocycles. The van der Waals surface area contributed by atoms with E-state index in [9.17, 15) is 9.90 Å². The number of nitrogens with zero attached hydrogens (tertiary/aromatic N) is 1. The molecule has 0 spiro atoms. The second kappa shape index (κ2) is 5.50. The molecule has 0 unspecified atom stereocenters. The highest BCUT2D eigenvalue weighted by molar-refractivity contribution is 6.31. The first kappa shape index (κ1) is 14.7. The van der Waals surface area contributed by atoms with Gasteiger partial charge < -0.3 is 9.67 Å². The van der Waals surface area contributed by atoms with E-state index in [0.29, 0.717) is 5.02 Å². The average Bonchev–Trinajstić information content (AvgIpc) is 2.72. The zero-order valence-electron chi connectivity index (χ0n) is 12.4. The molecule has 3 rings (SSSR count). The summed E-state index contributed by atoms with van der Waals surface area (Å²) < 4.78 is 1.95. The summed E-state index contributed by atoms with van der Waals surface area (Å²) in [7, 11) is 1.90. The number of hydrogen-bond donors (Lipinski definition) is 1. The Bertz CT molecular complexity index is 880. The molecule has 0 atom stereocenters. The van der Waals surface area contributed by atoms with Crippen molar-refractivity contribution in [3.63, 3.8) is 0 Å². The lowest BCUT2D eigenvalue weighted by atomic mass is 9.96. The normalized spacial score (nSPS) is 11.0. The number of halogens is 1. The Morgan fingerprint density at radius 1 is 1.23 bits per heavy atom. The first-order valence-electron chi connectivity index (χ1n) is 7.03. The molecule has 1 N–H and O–H groups in total. The second-order valence-electron chi connectivity index (χ2n) is 5.43. The molecule has 0 fully saturated rings. The molecule has 0 aliphatic rings. The second-order valence-corrected chi connectivity index (χ2v) is 5.86. The topological polar surface area (TPSA) is 42.2 Å². The standard InChI is InChI=1S/C18H16ClNO2/c1-11-5-3-4-6-13(11)18-14-9-12(19)7-8-15(14)20(2)16(18)10-17(21)22/h3-9H,10H2,1-2H3,(H,21,22). The molecule has 2 aromatic carbocycles. The van der Waals surface area contributed by atoms with Gasteiger partial charge in [-0.1, -0.05) is 35.9 Å². The van der Waals surface area contributed by atoms with E-state index in [1.807, 2.05) is 61.0 Å². The Morgan fingerprint density at radius 2 is 1.95 bits per heavy atom. The third-order valence-electron chi connectivity index (χ3n) is 4.02.